The van der Waals surface area contributed by atoms with Gasteiger partial charge in [0.25, 0.3) is 5.91 Å². The molecule has 1 atom stereocenters. The van der Waals surface area contributed by atoms with Crippen molar-refractivity contribution in [1.29, 1.82) is 0 Å². The van der Waals surface area contributed by atoms with Crippen LogP contribution in [0.5, 0.6) is 0 Å². The number of β-amino-alcohol motifs (C(OH)–C–C–N with tert-alkyl or cyclic N) is 1. The Kier molecular flexibility index (Phi) is 3.55. The lowest BCUT2D eigenvalue weighted by molar-refractivity contribution is 0.0763. The summed E-state index contributed by atoms with van der Waals surface area (Å²) < 4.78 is 0. The topological polar surface area (TPSA) is 69.2 Å². The Balaban J connectivity index is 1.77. The SMILES string of the molecule is O=C(c1cn[nH]c1C1CCCCC1)N1CCC(O)C1. The standard InChI is InChI=1S/C14H21N3O2/c18-11-6-7-17(9-11)14(19)12-8-15-16-13(12)10-4-2-1-3-5-10/h8,10-11,18H,1-7,9H2,(H,15,16). The van der Waals surface area contributed by atoms with Crippen LogP contribution >= 0.6 is 0 Å². The van der Waals surface area contributed by atoms with Crippen LogP contribution in [0.15, 0.2) is 6.20 Å². The smallest absolute Gasteiger partial charge is 0.257 e. The van der Waals surface area contributed by atoms with Crippen LogP contribution in [-0.4, -0.2) is 45.3 Å². The monoisotopic (exact) mass is 263 g/mol. The van der Waals surface area contributed by atoms with Crippen LogP contribution in [0.2, 0.25) is 0 Å². The number of likely N-dealkylation sites (tertiary alicyclic amines) is 1. The lowest BCUT2D eigenvalue weighted by atomic mass is 9.85. The number of nitrogens with zero attached hydrogens (tertiary/aromatic N) is 2. The maximum Gasteiger partial charge on any atom is 0.257 e. The highest BCUT2D eigenvalue weighted by Gasteiger charge is 2.30. The number of carbonyl (C=O) groups excluding carboxylic acids is 1. The second-order valence-electron chi connectivity index (χ2n) is 5.73. The number of nitrogens with one attached hydrogen (secondary N) is 1. The maximum atomic E-state index is 12.5. The molecule has 1 saturated carbocycles. The molecule has 1 aromatic rings. The summed E-state index contributed by atoms with van der Waals surface area (Å²) in [7, 11) is 0. The van der Waals surface area contributed by atoms with Gasteiger partial charge in [-0.1, -0.05) is 19.3 Å². The molecule has 2 heterocycles. The van der Waals surface area contributed by atoms with Gasteiger partial charge in [0.15, 0.2) is 0 Å². The van der Waals surface area contributed by atoms with Gasteiger partial charge in [-0.15, -0.1) is 0 Å². The summed E-state index contributed by atoms with van der Waals surface area (Å²) in [5.41, 5.74) is 1.71. The third-order valence-corrected chi connectivity index (χ3v) is 4.36. The molecule has 1 amide bonds. The number of aromatic amines is 1. The van der Waals surface area contributed by atoms with Crippen molar-refractivity contribution in [3.05, 3.63) is 17.5 Å². The minimum absolute atomic E-state index is 0.0193. The molecule has 2 N–H and O–H groups in total. The molecule has 1 unspecified atom stereocenters. The fourth-order valence-corrected chi connectivity index (χ4v) is 3.27. The molecule has 2 fully saturated rings. The lowest BCUT2D eigenvalue weighted by Gasteiger charge is -2.22. The number of aromatic nitrogens is 2. The van der Waals surface area contributed by atoms with Gasteiger partial charge in [-0.05, 0) is 19.3 Å². The Morgan fingerprint density at radius 2 is 2.11 bits per heavy atom. The number of aliphatic hydroxyl groups excluding tert-OH is 1. The molecular formula is C14H21N3O2. The highest BCUT2D eigenvalue weighted by atomic mass is 16.3. The number of carbonyl (C=O) groups is 1. The number of aliphatic hydroxyl groups is 1. The van der Waals surface area contributed by atoms with Crippen molar-refractivity contribution in [2.75, 3.05) is 13.1 Å². The Bertz CT molecular complexity index is 451. The van der Waals surface area contributed by atoms with Gasteiger partial charge in [-0.2, -0.15) is 5.10 Å². The van der Waals surface area contributed by atoms with Crippen molar-refractivity contribution in [2.24, 2.45) is 0 Å². The maximum absolute atomic E-state index is 12.5. The van der Waals surface area contributed by atoms with E-state index >= 15 is 0 Å². The van der Waals surface area contributed by atoms with Crippen molar-refractivity contribution in [3.63, 3.8) is 0 Å². The van der Waals surface area contributed by atoms with Gasteiger partial charge in [-0.25, -0.2) is 0 Å². The zero-order valence-electron chi connectivity index (χ0n) is 11.1. The van der Waals surface area contributed by atoms with Crippen LogP contribution in [0.4, 0.5) is 0 Å². The van der Waals surface area contributed by atoms with Gasteiger partial charge in [0.05, 0.1) is 23.6 Å². The van der Waals surface area contributed by atoms with E-state index in [1.54, 1.807) is 11.1 Å². The Morgan fingerprint density at radius 1 is 1.32 bits per heavy atom. The first kappa shape index (κ1) is 12.7. The molecule has 0 bridgehead atoms. The van der Waals surface area contributed by atoms with Gasteiger partial charge in [0.1, 0.15) is 0 Å². The zero-order valence-corrected chi connectivity index (χ0v) is 11.1. The first-order valence-corrected chi connectivity index (χ1v) is 7.26. The Morgan fingerprint density at radius 3 is 2.79 bits per heavy atom. The summed E-state index contributed by atoms with van der Waals surface area (Å²) in [6.07, 6.45) is 8.02. The van der Waals surface area contributed by atoms with E-state index in [0.717, 1.165) is 18.5 Å². The minimum atomic E-state index is -0.367. The summed E-state index contributed by atoms with van der Waals surface area (Å²) in [5, 5.41) is 16.7. The van der Waals surface area contributed by atoms with Crippen molar-refractivity contribution in [3.8, 4) is 0 Å². The predicted octanol–water partition coefficient (Wildman–Crippen LogP) is 1.66. The highest BCUT2D eigenvalue weighted by Crippen LogP contribution is 2.33. The summed E-state index contributed by atoms with van der Waals surface area (Å²) >= 11 is 0. The average molecular weight is 263 g/mol. The second-order valence-corrected chi connectivity index (χ2v) is 5.73. The molecule has 104 valence electrons. The van der Waals surface area contributed by atoms with E-state index in [1.165, 1.54) is 19.3 Å². The van der Waals surface area contributed by atoms with Gasteiger partial charge < -0.3 is 10.0 Å². The van der Waals surface area contributed by atoms with E-state index in [0.29, 0.717) is 31.0 Å². The molecule has 0 radical (unpaired) electrons. The van der Waals surface area contributed by atoms with Crippen LogP contribution in [0.25, 0.3) is 0 Å². The number of H-pyrrole nitrogens is 1. The summed E-state index contributed by atoms with van der Waals surface area (Å²) in [6.45, 7) is 1.10. The number of hydrogen-bond acceptors (Lipinski definition) is 3. The van der Waals surface area contributed by atoms with Crippen LogP contribution in [0, 0.1) is 0 Å². The van der Waals surface area contributed by atoms with E-state index in [-0.39, 0.29) is 12.0 Å². The Labute approximate surface area is 113 Å². The molecule has 1 aromatic heterocycles. The van der Waals surface area contributed by atoms with Gasteiger partial charge >= 0.3 is 0 Å². The lowest BCUT2D eigenvalue weighted by Crippen LogP contribution is -2.30. The minimum Gasteiger partial charge on any atom is -0.391 e. The van der Waals surface area contributed by atoms with E-state index in [2.05, 4.69) is 10.2 Å². The molecule has 1 aliphatic carbocycles. The van der Waals surface area contributed by atoms with E-state index in [1.807, 2.05) is 0 Å². The first-order chi connectivity index (χ1) is 9.25. The molecule has 2 aliphatic rings. The third-order valence-electron chi connectivity index (χ3n) is 4.36. The zero-order chi connectivity index (χ0) is 13.2. The van der Waals surface area contributed by atoms with Crippen LogP contribution in [0.1, 0.15) is 60.5 Å². The molecule has 3 rings (SSSR count). The summed E-state index contributed by atoms with van der Waals surface area (Å²) in [6, 6.07) is 0. The van der Waals surface area contributed by atoms with Gasteiger partial charge in [-0.3, -0.25) is 9.89 Å². The Hall–Kier alpha value is -1.36. The normalized spacial score (nSPS) is 24.9. The quantitative estimate of drug-likeness (QED) is 0.852. The molecule has 0 spiro atoms. The van der Waals surface area contributed by atoms with Crippen molar-refractivity contribution < 1.29 is 9.90 Å². The molecule has 19 heavy (non-hydrogen) atoms. The second kappa shape index (κ2) is 5.33. The third kappa shape index (κ3) is 2.52. The number of rotatable bonds is 2. The highest BCUT2D eigenvalue weighted by molar-refractivity contribution is 5.95. The van der Waals surface area contributed by atoms with Crippen molar-refractivity contribution in [1.82, 2.24) is 15.1 Å². The number of amides is 1. The molecule has 1 saturated heterocycles. The van der Waals surface area contributed by atoms with E-state index < -0.39 is 0 Å². The van der Waals surface area contributed by atoms with E-state index in [9.17, 15) is 9.90 Å². The van der Waals surface area contributed by atoms with Crippen LogP contribution in [0.3, 0.4) is 0 Å². The predicted molar refractivity (Wildman–Crippen MR) is 70.9 cm³/mol. The van der Waals surface area contributed by atoms with Crippen molar-refractivity contribution in [2.45, 2.75) is 50.5 Å². The average Bonchev–Trinajstić information content (AvgIpc) is 3.07. The summed E-state index contributed by atoms with van der Waals surface area (Å²) in [5.74, 6) is 0.466. The van der Waals surface area contributed by atoms with Gasteiger partial charge in [0, 0.05) is 19.0 Å². The van der Waals surface area contributed by atoms with Gasteiger partial charge in [0.2, 0.25) is 0 Å². The first-order valence-electron chi connectivity index (χ1n) is 7.26. The molecule has 5 heteroatoms. The van der Waals surface area contributed by atoms with Crippen LogP contribution < -0.4 is 0 Å². The fourth-order valence-electron chi connectivity index (χ4n) is 3.27. The number of hydrogen-bond donors (Lipinski definition) is 2. The van der Waals surface area contributed by atoms with Crippen molar-refractivity contribution >= 4 is 5.91 Å². The van der Waals surface area contributed by atoms with E-state index in [4.69, 9.17) is 0 Å². The molecule has 5 nitrogen and oxygen atoms in total. The largest absolute Gasteiger partial charge is 0.391 e. The fraction of sp³-hybridized carbons (Fsp3) is 0.714. The molecular weight excluding hydrogens is 242 g/mol. The molecule has 1 aliphatic heterocycles. The van der Waals surface area contributed by atoms with Crippen LogP contribution in [-0.2, 0) is 0 Å². The summed E-state index contributed by atoms with van der Waals surface area (Å²) in [4.78, 5) is 14.2. The molecule has 0 aromatic carbocycles.